The number of hydrogen-bond acceptors (Lipinski definition) is 8. The standard InChI is InChI=1S/C21H40O2.C19H38O2.C8H16O2.C3H8O3/c1-4-5-6-7-8-9-10-11-12-13-14-15-16-17-18-19-21(22)23-20(2)3;1-4-5-6-7-8-9-10-11-12-13-14-15-16-17-19(20)21-18(2)3;1-2-3-4-5-6-7-8(9)10;4-1-3(6)2-5/h11-12,20H,4-10,13-19H2,1-3H3;18H,4-17H2,1-3H3;2-7H2,1H3,(H,9,10);3-6H,1-2H2. The lowest BCUT2D eigenvalue weighted by molar-refractivity contribution is -0.148. The number of allylic oxidation sites excluding steroid dienone is 2. The molecule has 9 heteroatoms. The van der Waals surface area contributed by atoms with Gasteiger partial charge in [0.25, 0.3) is 0 Å². The fourth-order valence-corrected chi connectivity index (χ4v) is 6.21. The molecule has 0 aliphatic heterocycles. The van der Waals surface area contributed by atoms with Gasteiger partial charge in [-0.2, -0.15) is 0 Å². The van der Waals surface area contributed by atoms with Crippen LogP contribution in [-0.4, -0.2) is 69.9 Å². The van der Waals surface area contributed by atoms with Crippen molar-refractivity contribution in [3.63, 3.8) is 0 Å². The van der Waals surface area contributed by atoms with Gasteiger partial charge in [0.1, 0.15) is 6.10 Å². The summed E-state index contributed by atoms with van der Waals surface area (Å²) in [7, 11) is 0. The molecule has 0 aliphatic rings. The summed E-state index contributed by atoms with van der Waals surface area (Å²) in [6, 6.07) is 0. The van der Waals surface area contributed by atoms with Crippen molar-refractivity contribution in [1.29, 1.82) is 0 Å². The minimum absolute atomic E-state index is 0.0191. The first-order chi connectivity index (χ1) is 28.9. The van der Waals surface area contributed by atoms with Gasteiger partial charge >= 0.3 is 17.9 Å². The highest BCUT2D eigenvalue weighted by molar-refractivity contribution is 5.69. The minimum Gasteiger partial charge on any atom is -0.481 e. The Labute approximate surface area is 371 Å². The van der Waals surface area contributed by atoms with Gasteiger partial charge in [-0.05, 0) is 72.6 Å². The number of unbranched alkanes of at least 4 members (excludes halogenated alkanes) is 27. The molecular formula is C51H102O9. The highest BCUT2D eigenvalue weighted by atomic mass is 16.5. The Hall–Kier alpha value is -1.97. The number of carboxylic acid groups (broad SMARTS) is 1. The van der Waals surface area contributed by atoms with E-state index < -0.39 is 12.1 Å². The Morgan fingerprint density at radius 1 is 0.417 bits per heavy atom. The predicted octanol–water partition coefficient (Wildman–Crippen LogP) is 14.2. The zero-order valence-corrected chi connectivity index (χ0v) is 40.7. The van der Waals surface area contributed by atoms with Crippen LogP contribution in [0.3, 0.4) is 0 Å². The van der Waals surface area contributed by atoms with Gasteiger partial charge in [-0.15, -0.1) is 0 Å². The molecule has 0 spiro atoms. The van der Waals surface area contributed by atoms with Crippen LogP contribution in [0.1, 0.15) is 267 Å². The second-order valence-electron chi connectivity index (χ2n) is 17.0. The average molecular weight is 859 g/mol. The van der Waals surface area contributed by atoms with E-state index in [-0.39, 0.29) is 37.4 Å². The molecule has 0 rings (SSSR count). The summed E-state index contributed by atoms with van der Waals surface area (Å²) in [6.07, 6.45) is 44.9. The molecular weight excluding hydrogens is 757 g/mol. The van der Waals surface area contributed by atoms with E-state index in [2.05, 4.69) is 32.9 Å². The van der Waals surface area contributed by atoms with Crippen LogP contribution in [-0.2, 0) is 23.9 Å². The van der Waals surface area contributed by atoms with Crippen LogP contribution >= 0.6 is 0 Å². The third kappa shape index (κ3) is 70.6. The van der Waals surface area contributed by atoms with Crippen molar-refractivity contribution in [2.24, 2.45) is 0 Å². The maximum atomic E-state index is 11.4. The number of ether oxygens (including phenoxy) is 2. The second kappa shape index (κ2) is 57.0. The fourth-order valence-electron chi connectivity index (χ4n) is 6.21. The van der Waals surface area contributed by atoms with Crippen molar-refractivity contribution in [2.75, 3.05) is 13.2 Å². The lowest BCUT2D eigenvalue weighted by Crippen LogP contribution is -2.15. The number of rotatable bonds is 39. The number of carbonyl (C=O) groups excluding carboxylic acids is 2. The van der Waals surface area contributed by atoms with E-state index >= 15 is 0 Å². The number of aliphatic carboxylic acids is 1. The summed E-state index contributed by atoms with van der Waals surface area (Å²) in [4.78, 5) is 32.7. The van der Waals surface area contributed by atoms with E-state index in [1.165, 1.54) is 167 Å². The monoisotopic (exact) mass is 859 g/mol. The fraction of sp³-hybridized carbons (Fsp3) is 0.902. The van der Waals surface area contributed by atoms with E-state index in [0.29, 0.717) is 19.3 Å². The molecule has 0 saturated heterocycles. The van der Waals surface area contributed by atoms with Gasteiger partial charge in [0, 0.05) is 19.3 Å². The summed E-state index contributed by atoms with van der Waals surface area (Å²) in [5.41, 5.74) is 0. The number of aliphatic hydroxyl groups is 3. The maximum absolute atomic E-state index is 11.4. The quantitative estimate of drug-likeness (QED) is 0.0269. The first kappa shape index (κ1) is 64.7. The molecule has 0 radical (unpaired) electrons. The molecule has 360 valence electrons. The molecule has 0 atom stereocenters. The largest absolute Gasteiger partial charge is 0.481 e. The number of aliphatic hydroxyl groups excluding tert-OH is 3. The number of hydrogen-bond donors (Lipinski definition) is 4. The van der Waals surface area contributed by atoms with Crippen LogP contribution in [0.25, 0.3) is 0 Å². The normalized spacial score (nSPS) is 10.9. The molecule has 60 heavy (non-hydrogen) atoms. The van der Waals surface area contributed by atoms with E-state index in [1.54, 1.807) is 0 Å². The molecule has 0 unspecified atom stereocenters. The van der Waals surface area contributed by atoms with Crippen molar-refractivity contribution in [3.05, 3.63) is 12.2 Å². The Balaban J connectivity index is -0.000000386. The third-order valence-electron chi connectivity index (χ3n) is 9.78. The van der Waals surface area contributed by atoms with E-state index in [1.807, 2.05) is 27.7 Å². The van der Waals surface area contributed by atoms with E-state index in [9.17, 15) is 14.4 Å². The summed E-state index contributed by atoms with van der Waals surface area (Å²) in [5, 5.41) is 32.3. The molecule has 0 aromatic carbocycles. The van der Waals surface area contributed by atoms with Crippen molar-refractivity contribution in [1.82, 2.24) is 0 Å². The Bertz CT molecular complexity index is 871. The SMILES string of the molecule is CCCCCCCC(=O)O.CCCCCCCCC=CCCCCCCCC(=O)OC(C)C.CCCCCCCCCCCCCCCC(=O)OC(C)C.OCC(O)CO. The smallest absolute Gasteiger partial charge is 0.306 e. The number of carboxylic acids is 1. The van der Waals surface area contributed by atoms with Gasteiger partial charge in [-0.1, -0.05) is 187 Å². The Morgan fingerprint density at radius 2 is 0.667 bits per heavy atom. The Morgan fingerprint density at radius 3 is 0.900 bits per heavy atom. The van der Waals surface area contributed by atoms with Crippen LogP contribution in [0.2, 0.25) is 0 Å². The molecule has 0 fully saturated rings. The third-order valence-corrected chi connectivity index (χ3v) is 9.78. The summed E-state index contributed by atoms with van der Waals surface area (Å²) < 4.78 is 10.2. The minimum atomic E-state index is -0.954. The summed E-state index contributed by atoms with van der Waals surface area (Å²) in [6.45, 7) is 13.6. The molecule has 0 aromatic heterocycles. The van der Waals surface area contributed by atoms with Gasteiger partial charge in [-0.25, -0.2) is 0 Å². The van der Waals surface area contributed by atoms with E-state index in [4.69, 9.17) is 29.9 Å². The maximum Gasteiger partial charge on any atom is 0.306 e. The lowest BCUT2D eigenvalue weighted by atomic mass is 10.0. The number of carbonyl (C=O) groups is 3. The van der Waals surface area contributed by atoms with Crippen LogP contribution in [0.4, 0.5) is 0 Å². The molecule has 9 nitrogen and oxygen atoms in total. The molecule has 0 aliphatic carbocycles. The molecule has 0 amide bonds. The summed E-state index contributed by atoms with van der Waals surface area (Å²) >= 11 is 0. The van der Waals surface area contributed by atoms with Gasteiger partial charge in [0.15, 0.2) is 0 Å². The first-order valence-corrected chi connectivity index (χ1v) is 25.1. The van der Waals surface area contributed by atoms with Gasteiger partial charge < -0.3 is 29.9 Å². The van der Waals surface area contributed by atoms with Gasteiger partial charge in [-0.3, -0.25) is 14.4 Å². The average Bonchev–Trinajstić information content (AvgIpc) is 3.20. The molecule has 0 aromatic rings. The number of esters is 2. The van der Waals surface area contributed by atoms with Crippen LogP contribution in [0, 0.1) is 0 Å². The van der Waals surface area contributed by atoms with Crippen molar-refractivity contribution in [3.8, 4) is 0 Å². The second-order valence-corrected chi connectivity index (χ2v) is 17.0. The summed E-state index contributed by atoms with van der Waals surface area (Å²) in [5.74, 6) is -0.748. The highest BCUT2D eigenvalue weighted by Crippen LogP contribution is 2.14. The van der Waals surface area contributed by atoms with Crippen molar-refractivity contribution >= 4 is 17.9 Å². The zero-order valence-electron chi connectivity index (χ0n) is 40.7. The lowest BCUT2D eigenvalue weighted by Gasteiger charge is -2.07. The van der Waals surface area contributed by atoms with Crippen LogP contribution < -0.4 is 0 Å². The van der Waals surface area contributed by atoms with Crippen LogP contribution in [0.5, 0.6) is 0 Å². The zero-order chi connectivity index (χ0) is 45.7. The predicted molar refractivity (Wildman–Crippen MR) is 253 cm³/mol. The molecule has 4 N–H and O–H groups in total. The molecule has 0 heterocycles. The Kier molecular flexibility index (Phi) is 61.5. The molecule has 0 bridgehead atoms. The van der Waals surface area contributed by atoms with Crippen molar-refractivity contribution in [2.45, 2.75) is 285 Å². The molecule has 0 saturated carbocycles. The first-order valence-electron chi connectivity index (χ1n) is 25.1. The van der Waals surface area contributed by atoms with Gasteiger partial charge in [0.05, 0.1) is 25.4 Å². The topological polar surface area (TPSA) is 151 Å². The highest BCUT2D eigenvalue weighted by Gasteiger charge is 2.05. The van der Waals surface area contributed by atoms with Crippen molar-refractivity contribution < 1.29 is 44.3 Å². The van der Waals surface area contributed by atoms with Crippen LogP contribution in [0.15, 0.2) is 12.2 Å². The van der Waals surface area contributed by atoms with Gasteiger partial charge in [0.2, 0.25) is 0 Å². The van der Waals surface area contributed by atoms with E-state index in [0.717, 1.165) is 32.1 Å².